The van der Waals surface area contributed by atoms with E-state index in [9.17, 15) is 4.79 Å². The summed E-state index contributed by atoms with van der Waals surface area (Å²) in [5, 5.41) is 4.25. The summed E-state index contributed by atoms with van der Waals surface area (Å²) in [6.07, 6.45) is 6.86. The topological polar surface area (TPSA) is 82.1 Å². The minimum absolute atomic E-state index is 0.129. The van der Waals surface area contributed by atoms with Crippen LogP contribution in [0.5, 0.6) is 17.2 Å². The molecule has 2 aromatic rings. The molecule has 0 amide bonds. The predicted octanol–water partition coefficient (Wildman–Crippen LogP) is 4.88. The molecule has 220 valence electrons. The number of rotatable bonds is 16. The molecule has 9 nitrogen and oxygen atoms in total. The van der Waals surface area contributed by atoms with Gasteiger partial charge in [-0.25, -0.2) is 4.79 Å². The van der Waals surface area contributed by atoms with Gasteiger partial charge >= 0.3 is 5.97 Å². The van der Waals surface area contributed by atoms with Gasteiger partial charge in [0.15, 0.2) is 11.5 Å². The summed E-state index contributed by atoms with van der Waals surface area (Å²) in [6.45, 7) is 8.60. The molecule has 1 atom stereocenters. The van der Waals surface area contributed by atoms with Crippen LogP contribution in [0.3, 0.4) is 0 Å². The molecular weight excluding hydrogens is 510 g/mol. The Kier molecular flexibility index (Phi) is 13.6. The van der Waals surface area contributed by atoms with E-state index in [0.717, 1.165) is 76.9 Å². The van der Waals surface area contributed by atoms with E-state index in [2.05, 4.69) is 21.9 Å². The van der Waals surface area contributed by atoms with E-state index < -0.39 is 5.97 Å². The Morgan fingerprint density at radius 1 is 0.925 bits per heavy atom. The fourth-order valence-electron chi connectivity index (χ4n) is 4.82. The summed E-state index contributed by atoms with van der Waals surface area (Å²) < 4.78 is 21.5. The van der Waals surface area contributed by atoms with Crippen LogP contribution in [0.2, 0.25) is 0 Å². The molecule has 1 saturated heterocycles. The Bertz CT molecular complexity index is 1020. The molecule has 0 saturated carbocycles. The molecule has 1 aliphatic rings. The van der Waals surface area contributed by atoms with Crippen LogP contribution in [-0.4, -0.2) is 95.3 Å². The van der Waals surface area contributed by atoms with Crippen molar-refractivity contribution in [3.8, 4) is 17.2 Å². The van der Waals surface area contributed by atoms with Crippen molar-refractivity contribution >= 4 is 12.2 Å². The van der Waals surface area contributed by atoms with Crippen molar-refractivity contribution in [3.05, 3.63) is 53.6 Å². The maximum absolute atomic E-state index is 12.6. The molecule has 0 aromatic heterocycles. The van der Waals surface area contributed by atoms with Crippen LogP contribution < -0.4 is 14.2 Å². The van der Waals surface area contributed by atoms with Gasteiger partial charge in [-0.05, 0) is 56.5 Å². The second-order valence-electron chi connectivity index (χ2n) is 9.89. The minimum Gasteiger partial charge on any atom is -0.493 e. The van der Waals surface area contributed by atoms with E-state index >= 15 is 0 Å². The summed E-state index contributed by atoms with van der Waals surface area (Å²) in [6, 6.07) is 13.2. The van der Waals surface area contributed by atoms with Gasteiger partial charge in [0.2, 0.25) is 5.75 Å². The Labute approximate surface area is 239 Å². The smallest absolute Gasteiger partial charge is 0.338 e. The third-order valence-electron chi connectivity index (χ3n) is 7.02. The van der Waals surface area contributed by atoms with Crippen LogP contribution in [-0.2, 0) is 9.57 Å². The van der Waals surface area contributed by atoms with Crippen LogP contribution in [0, 0.1) is 0 Å². The summed E-state index contributed by atoms with van der Waals surface area (Å²) in [4.78, 5) is 23.5. The van der Waals surface area contributed by atoms with Crippen molar-refractivity contribution in [1.29, 1.82) is 0 Å². The largest absolute Gasteiger partial charge is 0.493 e. The Hall–Kier alpha value is -3.30. The highest BCUT2D eigenvalue weighted by Gasteiger charge is 2.19. The Morgan fingerprint density at radius 2 is 1.60 bits per heavy atom. The number of hydrogen-bond acceptors (Lipinski definition) is 9. The first-order valence-electron chi connectivity index (χ1n) is 14.2. The average Bonchev–Trinajstić information content (AvgIpc) is 3.22. The van der Waals surface area contributed by atoms with E-state index in [1.54, 1.807) is 18.3 Å². The summed E-state index contributed by atoms with van der Waals surface area (Å²) in [5.74, 6) is 0.894. The highest BCUT2D eigenvalue weighted by molar-refractivity contribution is 5.91. The number of ether oxygens (including phenoxy) is 4. The summed E-state index contributed by atoms with van der Waals surface area (Å²) in [5.41, 5.74) is 1.41. The van der Waals surface area contributed by atoms with Crippen molar-refractivity contribution in [3.63, 3.8) is 0 Å². The molecule has 1 unspecified atom stereocenters. The number of oxime groups is 1. The molecule has 1 aliphatic heterocycles. The Balaban J connectivity index is 1.37. The van der Waals surface area contributed by atoms with Gasteiger partial charge in [0, 0.05) is 26.2 Å². The third kappa shape index (κ3) is 10.0. The normalized spacial score (nSPS) is 15.4. The third-order valence-corrected chi connectivity index (χ3v) is 7.02. The number of esters is 1. The lowest BCUT2D eigenvalue weighted by molar-refractivity contribution is 0.0396. The average molecular weight is 556 g/mol. The minimum atomic E-state index is -0.404. The molecule has 0 aliphatic carbocycles. The molecule has 0 N–H and O–H groups in total. The van der Waals surface area contributed by atoms with E-state index in [-0.39, 0.29) is 6.10 Å². The fourth-order valence-corrected chi connectivity index (χ4v) is 4.82. The van der Waals surface area contributed by atoms with Crippen molar-refractivity contribution in [2.75, 3.05) is 67.2 Å². The van der Waals surface area contributed by atoms with E-state index in [0.29, 0.717) is 29.4 Å². The van der Waals surface area contributed by atoms with Crippen LogP contribution in [0.4, 0.5) is 0 Å². The molecule has 2 aromatic carbocycles. The van der Waals surface area contributed by atoms with Crippen LogP contribution in [0.25, 0.3) is 0 Å². The molecule has 1 heterocycles. The number of benzene rings is 2. The monoisotopic (exact) mass is 555 g/mol. The summed E-state index contributed by atoms with van der Waals surface area (Å²) in [7, 11) is 4.57. The number of nitrogens with zero attached hydrogens (tertiary/aromatic N) is 3. The van der Waals surface area contributed by atoms with E-state index in [1.807, 2.05) is 30.3 Å². The van der Waals surface area contributed by atoms with Crippen LogP contribution in [0.1, 0.15) is 54.9 Å². The molecular formula is C31H45N3O6. The fraction of sp³-hybridized carbons (Fsp3) is 0.548. The van der Waals surface area contributed by atoms with Crippen LogP contribution in [0.15, 0.2) is 47.6 Å². The highest BCUT2D eigenvalue weighted by Crippen LogP contribution is 2.38. The van der Waals surface area contributed by atoms with Gasteiger partial charge in [-0.15, -0.1) is 0 Å². The zero-order chi connectivity index (χ0) is 28.6. The van der Waals surface area contributed by atoms with Gasteiger partial charge in [0.1, 0.15) is 6.10 Å². The van der Waals surface area contributed by atoms with Crippen molar-refractivity contribution in [2.24, 2.45) is 5.16 Å². The predicted molar refractivity (Wildman–Crippen MR) is 157 cm³/mol. The lowest BCUT2D eigenvalue weighted by Crippen LogP contribution is -2.33. The zero-order valence-corrected chi connectivity index (χ0v) is 24.5. The lowest BCUT2D eigenvalue weighted by Gasteiger charge is -2.23. The number of methoxy groups -OCH3 is 3. The second-order valence-corrected chi connectivity index (χ2v) is 9.89. The second kappa shape index (κ2) is 17.4. The van der Waals surface area contributed by atoms with Gasteiger partial charge < -0.3 is 33.6 Å². The number of carbonyl (C=O) groups excluding carboxylic acids is 1. The molecule has 40 heavy (non-hydrogen) atoms. The zero-order valence-electron chi connectivity index (χ0n) is 24.5. The number of carbonyl (C=O) groups is 1. The Morgan fingerprint density at radius 3 is 2.23 bits per heavy atom. The first-order chi connectivity index (χ1) is 19.6. The van der Waals surface area contributed by atoms with Gasteiger partial charge in [-0.1, -0.05) is 48.8 Å². The van der Waals surface area contributed by atoms with Crippen molar-refractivity contribution < 1.29 is 28.6 Å². The first kappa shape index (κ1) is 31.2. The molecule has 0 bridgehead atoms. The summed E-state index contributed by atoms with van der Waals surface area (Å²) >= 11 is 0. The van der Waals surface area contributed by atoms with Crippen molar-refractivity contribution in [2.45, 2.75) is 45.1 Å². The van der Waals surface area contributed by atoms with Gasteiger partial charge in [-0.3, -0.25) is 0 Å². The SMILES string of the molecule is CCCC(CCN1CCCN(CCCOC(=O)c2cc(OC)c(OC)c(OC)c2)CC1)O/N=C/c1ccccc1. The lowest BCUT2D eigenvalue weighted by atomic mass is 10.1. The van der Waals surface area contributed by atoms with E-state index in [1.165, 1.54) is 21.3 Å². The number of hydrogen-bond donors (Lipinski definition) is 0. The van der Waals surface area contributed by atoms with Gasteiger partial charge in [0.05, 0.1) is 39.7 Å². The van der Waals surface area contributed by atoms with Crippen LogP contribution >= 0.6 is 0 Å². The maximum atomic E-state index is 12.6. The maximum Gasteiger partial charge on any atom is 0.338 e. The molecule has 0 radical (unpaired) electrons. The molecule has 3 rings (SSSR count). The standard InChI is InChI=1S/C31H45N3O6/c1-5-11-27(40-32-24-25-12-7-6-8-13-25)14-18-34-16-9-15-33(19-20-34)17-10-21-39-31(35)26-22-28(36-2)30(38-4)29(23-26)37-3/h6-8,12-13,22-24,27H,5,9-11,14-21H2,1-4H3/b32-24+. The quantitative estimate of drug-likeness (QED) is 0.126. The molecule has 0 spiro atoms. The molecule has 9 heteroatoms. The van der Waals surface area contributed by atoms with Gasteiger partial charge in [-0.2, -0.15) is 0 Å². The van der Waals surface area contributed by atoms with Gasteiger partial charge in [0.25, 0.3) is 0 Å². The van der Waals surface area contributed by atoms with E-state index in [4.69, 9.17) is 23.8 Å². The highest BCUT2D eigenvalue weighted by atomic mass is 16.6. The van der Waals surface area contributed by atoms with Crippen molar-refractivity contribution in [1.82, 2.24) is 9.80 Å². The molecule has 1 fully saturated rings. The first-order valence-corrected chi connectivity index (χ1v) is 14.2.